The van der Waals surface area contributed by atoms with Gasteiger partial charge in [0.25, 0.3) is 0 Å². The summed E-state index contributed by atoms with van der Waals surface area (Å²) in [5.74, 6) is 0.820. The third-order valence-corrected chi connectivity index (χ3v) is 3.71. The zero-order chi connectivity index (χ0) is 12.3. The van der Waals surface area contributed by atoms with Gasteiger partial charge in [-0.3, -0.25) is 0 Å². The van der Waals surface area contributed by atoms with Gasteiger partial charge < -0.3 is 0 Å². The number of rotatable bonds is 11. The van der Waals surface area contributed by atoms with Gasteiger partial charge in [0.1, 0.15) is 0 Å². The Hall–Kier alpha value is 0.290. The standard InChI is InChI=1S/C15H31Cl/c1-4-5-6-7-8-9-10-12-15(2,3)13-11-14-16/h4-14H2,1-3H3. The van der Waals surface area contributed by atoms with Crippen LogP contribution in [0.25, 0.3) is 0 Å². The molecule has 0 aromatic rings. The average Bonchev–Trinajstić information content (AvgIpc) is 2.25. The molecule has 0 aliphatic carbocycles. The quantitative estimate of drug-likeness (QED) is 0.302. The van der Waals surface area contributed by atoms with Gasteiger partial charge in [-0.15, -0.1) is 11.6 Å². The monoisotopic (exact) mass is 246 g/mol. The molecule has 0 rings (SSSR count). The molecular formula is C15H31Cl. The maximum Gasteiger partial charge on any atom is 0.0223 e. The van der Waals surface area contributed by atoms with Gasteiger partial charge in [-0.1, -0.05) is 65.7 Å². The summed E-state index contributed by atoms with van der Waals surface area (Å²) in [6, 6.07) is 0. The van der Waals surface area contributed by atoms with Crippen LogP contribution in [0, 0.1) is 5.41 Å². The van der Waals surface area contributed by atoms with E-state index in [1.165, 1.54) is 64.2 Å². The summed E-state index contributed by atoms with van der Waals surface area (Å²) in [4.78, 5) is 0. The van der Waals surface area contributed by atoms with Crippen molar-refractivity contribution < 1.29 is 0 Å². The van der Waals surface area contributed by atoms with Gasteiger partial charge in [0, 0.05) is 5.88 Å². The Morgan fingerprint density at radius 3 is 1.81 bits per heavy atom. The fraction of sp³-hybridized carbons (Fsp3) is 1.00. The van der Waals surface area contributed by atoms with E-state index < -0.39 is 0 Å². The number of halogens is 1. The molecule has 0 spiro atoms. The Kier molecular flexibility index (Phi) is 10.6. The van der Waals surface area contributed by atoms with Crippen LogP contribution in [0.15, 0.2) is 0 Å². The minimum atomic E-state index is 0.512. The van der Waals surface area contributed by atoms with Gasteiger partial charge in [0.2, 0.25) is 0 Å². The highest BCUT2D eigenvalue weighted by atomic mass is 35.5. The number of unbranched alkanes of at least 4 members (excludes halogenated alkanes) is 6. The molecule has 1 heteroatoms. The van der Waals surface area contributed by atoms with Gasteiger partial charge >= 0.3 is 0 Å². The van der Waals surface area contributed by atoms with E-state index in [4.69, 9.17) is 11.6 Å². The van der Waals surface area contributed by atoms with Crippen LogP contribution in [0.2, 0.25) is 0 Å². The van der Waals surface area contributed by atoms with Crippen molar-refractivity contribution in [2.45, 2.75) is 85.0 Å². The molecule has 0 aliphatic rings. The zero-order valence-corrected chi connectivity index (χ0v) is 12.4. The highest BCUT2D eigenvalue weighted by Crippen LogP contribution is 2.29. The Balaban J connectivity index is 3.29. The van der Waals surface area contributed by atoms with E-state index in [0.717, 1.165) is 5.88 Å². The van der Waals surface area contributed by atoms with E-state index in [2.05, 4.69) is 20.8 Å². The smallest absolute Gasteiger partial charge is 0.0223 e. The minimum Gasteiger partial charge on any atom is -0.127 e. The van der Waals surface area contributed by atoms with Crippen molar-refractivity contribution >= 4 is 11.6 Å². The lowest BCUT2D eigenvalue weighted by Crippen LogP contribution is -2.11. The maximum absolute atomic E-state index is 5.74. The predicted octanol–water partition coefficient (Wildman–Crippen LogP) is 6.17. The minimum absolute atomic E-state index is 0.512. The Labute approximate surface area is 108 Å². The summed E-state index contributed by atoms with van der Waals surface area (Å²) in [7, 11) is 0. The van der Waals surface area contributed by atoms with Crippen LogP contribution in [0.1, 0.15) is 85.0 Å². The fourth-order valence-electron chi connectivity index (χ4n) is 2.23. The summed E-state index contributed by atoms with van der Waals surface area (Å²) in [5, 5.41) is 0. The van der Waals surface area contributed by atoms with Gasteiger partial charge in [-0.2, -0.15) is 0 Å². The molecular weight excluding hydrogens is 216 g/mol. The topological polar surface area (TPSA) is 0 Å². The Morgan fingerprint density at radius 2 is 1.25 bits per heavy atom. The molecule has 16 heavy (non-hydrogen) atoms. The summed E-state index contributed by atoms with van der Waals surface area (Å²) in [5.41, 5.74) is 0.512. The number of alkyl halides is 1. The second-order valence-corrected chi connectivity index (χ2v) is 6.21. The van der Waals surface area contributed by atoms with Crippen LogP contribution in [0.4, 0.5) is 0 Å². The highest BCUT2D eigenvalue weighted by molar-refractivity contribution is 6.17. The lowest BCUT2D eigenvalue weighted by atomic mass is 9.83. The number of hydrogen-bond donors (Lipinski definition) is 0. The fourth-order valence-corrected chi connectivity index (χ4v) is 2.36. The van der Waals surface area contributed by atoms with Crippen LogP contribution in [0.3, 0.4) is 0 Å². The largest absolute Gasteiger partial charge is 0.127 e. The third kappa shape index (κ3) is 10.8. The van der Waals surface area contributed by atoms with E-state index in [9.17, 15) is 0 Å². The van der Waals surface area contributed by atoms with Crippen molar-refractivity contribution in [2.24, 2.45) is 5.41 Å². The molecule has 0 atom stereocenters. The molecule has 0 aromatic heterocycles. The predicted molar refractivity (Wildman–Crippen MR) is 76.3 cm³/mol. The van der Waals surface area contributed by atoms with E-state index in [1.54, 1.807) is 0 Å². The highest BCUT2D eigenvalue weighted by Gasteiger charge is 2.16. The molecule has 0 radical (unpaired) electrons. The van der Waals surface area contributed by atoms with Crippen molar-refractivity contribution in [1.29, 1.82) is 0 Å². The van der Waals surface area contributed by atoms with E-state index in [1.807, 2.05) is 0 Å². The molecule has 0 bridgehead atoms. The van der Waals surface area contributed by atoms with Crippen LogP contribution >= 0.6 is 11.6 Å². The van der Waals surface area contributed by atoms with Crippen LogP contribution in [-0.2, 0) is 0 Å². The van der Waals surface area contributed by atoms with E-state index in [0.29, 0.717) is 5.41 Å². The Morgan fingerprint density at radius 1 is 0.750 bits per heavy atom. The summed E-state index contributed by atoms with van der Waals surface area (Å²) >= 11 is 5.74. The molecule has 0 heterocycles. The summed E-state index contributed by atoms with van der Waals surface area (Å²) < 4.78 is 0. The van der Waals surface area contributed by atoms with E-state index >= 15 is 0 Å². The maximum atomic E-state index is 5.74. The molecule has 0 fully saturated rings. The van der Waals surface area contributed by atoms with Crippen molar-refractivity contribution in [3.8, 4) is 0 Å². The van der Waals surface area contributed by atoms with Crippen molar-refractivity contribution in [2.75, 3.05) is 5.88 Å². The second-order valence-electron chi connectivity index (χ2n) is 5.83. The molecule has 0 amide bonds. The molecule has 0 saturated heterocycles. The normalized spacial score (nSPS) is 12.0. The van der Waals surface area contributed by atoms with Crippen LogP contribution in [0.5, 0.6) is 0 Å². The van der Waals surface area contributed by atoms with Crippen molar-refractivity contribution in [1.82, 2.24) is 0 Å². The molecule has 98 valence electrons. The molecule has 0 N–H and O–H groups in total. The van der Waals surface area contributed by atoms with Crippen molar-refractivity contribution in [3.05, 3.63) is 0 Å². The molecule has 0 saturated carbocycles. The summed E-state index contributed by atoms with van der Waals surface area (Å²) in [6.45, 7) is 7.05. The Bertz CT molecular complexity index is 140. The molecule has 0 nitrogen and oxygen atoms in total. The van der Waals surface area contributed by atoms with Gasteiger partial charge in [-0.05, 0) is 24.7 Å². The molecule has 0 unspecified atom stereocenters. The van der Waals surface area contributed by atoms with Crippen LogP contribution in [-0.4, -0.2) is 5.88 Å². The molecule has 0 aromatic carbocycles. The SMILES string of the molecule is CCCCCCCCCC(C)(C)CCCCl. The molecule has 0 aliphatic heterocycles. The van der Waals surface area contributed by atoms with Gasteiger partial charge in [0.05, 0.1) is 0 Å². The number of hydrogen-bond acceptors (Lipinski definition) is 0. The lowest BCUT2D eigenvalue weighted by molar-refractivity contribution is 0.291. The summed E-state index contributed by atoms with van der Waals surface area (Å²) in [6.07, 6.45) is 13.7. The van der Waals surface area contributed by atoms with Gasteiger partial charge in [0.15, 0.2) is 0 Å². The van der Waals surface area contributed by atoms with Crippen LogP contribution < -0.4 is 0 Å². The lowest BCUT2D eigenvalue weighted by Gasteiger charge is -2.24. The first kappa shape index (κ1) is 16.3. The average molecular weight is 247 g/mol. The first-order chi connectivity index (χ1) is 7.62. The first-order valence-corrected chi connectivity index (χ1v) is 7.72. The van der Waals surface area contributed by atoms with Crippen molar-refractivity contribution in [3.63, 3.8) is 0 Å². The van der Waals surface area contributed by atoms with E-state index in [-0.39, 0.29) is 0 Å². The zero-order valence-electron chi connectivity index (χ0n) is 11.7. The third-order valence-electron chi connectivity index (χ3n) is 3.44. The first-order valence-electron chi connectivity index (χ1n) is 7.18. The van der Waals surface area contributed by atoms with Gasteiger partial charge in [-0.25, -0.2) is 0 Å². The second kappa shape index (κ2) is 10.4.